The molecule has 0 unspecified atom stereocenters. The predicted molar refractivity (Wildman–Crippen MR) is 49.1 cm³/mol. The number of halogens is 4. The molecule has 90 valence electrons. The number of rotatable bonds is 3. The number of nitrogens with two attached hydrogens (primary N) is 2. The van der Waals surface area contributed by atoms with E-state index in [-0.39, 0.29) is 12.1 Å². The molecule has 0 amide bonds. The fourth-order valence-corrected chi connectivity index (χ4v) is 1.13. The number of hydrogen-bond acceptors (Lipinski definition) is 3. The van der Waals surface area contributed by atoms with Gasteiger partial charge in [-0.15, -0.1) is 13.2 Å². The van der Waals surface area contributed by atoms with E-state index in [9.17, 15) is 17.6 Å². The lowest BCUT2D eigenvalue weighted by molar-refractivity contribution is -0.274. The third-order valence-corrected chi connectivity index (χ3v) is 1.85. The minimum atomic E-state index is -4.82. The van der Waals surface area contributed by atoms with Gasteiger partial charge in [-0.2, -0.15) is 0 Å². The van der Waals surface area contributed by atoms with Crippen LogP contribution in [0.3, 0.4) is 0 Å². The monoisotopic (exact) mass is 238 g/mol. The average Bonchev–Trinajstić information content (AvgIpc) is 2.18. The molecule has 0 saturated carbocycles. The zero-order chi connectivity index (χ0) is 12.3. The highest BCUT2D eigenvalue weighted by Crippen LogP contribution is 2.26. The van der Waals surface area contributed by atoms with E-state index >= 15 is 0 Å². The maximum atomic E-state index is 13.2. The van der Waals surface area contributed by atoms with Gasteiger partial charge in [0.1, 0.15) is 11.6 Å². The quantitative estimate of drug-likeness (QED) is 0.787. The van der Waals surface area contributed by atoms with Crippen molar-refractivity contribution in [1.29, 1.82) is 0 Å². The molecule has 0 aliphatic carbocycles. The topological polar surface area (TPSA) is 61.3 Å². The van der Waals surface area contributed by atoms with Gasteiger partial charge in [-0.05, 0) is 18.2 Å². The first kappa shape index (κ1) is 12.7. The Hall–Kier alpha value is -1.34. The first-order valence-electron chi connectivity index (χ1n) is 4.34. The van der Waals surface area contributed by atoms with Crippen molar-refractivity contribution in [2.24, 2.45) is 11.5 Å². The van der Waals surface area contributed by atoms with Crippen molar-refractivity contribution in [2.75, 3.05) is 6.54 Å². The van der Waals surface area contributed by atoms with Gasteiger partial charge in [-0.3, -0.25) is 0 Å². The highest BCUT2D eigenvalue weighted by Gasteiger charge is 2.31. The highest BCUT2D eigenvalue weighted by molar-refractivity contribution is 5.32. The van der Waals surface area contributed by atoms with Crippen LogP contribution in [0.4, 0.5) is 17.6 Å². The molecule has 1 aromatic carbocycles. The van der Waals surface area contributed by atoms with Crippen molar-refractivity contribution in [3.8, 4) is 5.75 Å². The van der Waals surface area contributed by atoms with Crippen LogP contribution in [0.1, 0.15) is 11.6 Å². The van der Waals surface area contributed by atoms with Crippen LogP contribution in [-0.4, -0.2) is 12.9 Å². The normalized spacial score (nSPS) is 13.6. The second-order valence-corrected chi connectivity index (χ2v) is 3.07. The molecule has 0 aliphatic rings. The molecular weight excluding hydrogens is 228 g/mol. The molecule has 0 aliphatic heterocycles. The summed E-state index contributed by atoms with van der Waals surface area (Å²) in [5.41, 5.74) is 10.5. The van der Waals surface area contributed by atoms with E-state index in [4.69, 9.17) is 11.5 Å². The molecule has 3 nitrogen and oxygen atoms in total. The lowest BCUT2D eigenvalue weighted by Crippen LogP contribution is -2.22. The van der Waals surface area contributed by atoms with Crippen LogP contribution < -0.4 is 16.2 Å². The fourth-order valence-electron chi connectivity index (χ4n) is 1.13. The van der Waals surface area contributed by atoms with E-state index in [1.165, 1.54) is 0 Å². The van der Waals surface area contributed by atoms with Gasteiger partial charge in [-0.1, -0.05) is 0 Å². The number of benzene rings is 1. The molecule has 7 heteroatoms. The zero-order valence-corrected chi connectivity index (χ0v) is 8.09. The van der Waals surface area contributed by atoms with Gasteiger partial charge in [0.15, 0.2) is 0 Å². The largest absolute Gasteiger partial charge is 0.573 e. The highest BCUT2D eigenvalue weighted by atomic mass is 19.4. The minimum Gasteiger partial charge on any atom is -0.406 e. The summed E-state index contributed by atoms with van der Waals surface area (Å²) in [6, 6.07) is 1.75. The Morgan fingerprint density at radius 2 is 1.94 bits per heavy atom. The third kappa shape index (κ3) is 3.35. The van der Waals surface area contributed by atoms with Crippen LogP contribution in [-0.2, 0) is 0 Å². The van der Waals surface area contributed by atoms with Gasteiger partial charge < -0.3 is 16.2 Å². The first-order chi connectivity index (χ1) is 7.33. The van der Waals surface area contributed by atoms with Crippen LogP contribution in [0.2, 0.25) is 0 Å². The van der Waals surface area contributed by atoms with Crippen molar-refractivity contribution >= 4 is 0 Å². The fraction of sp³-hybridized carbons (Fsp3) is 0.333. The van der Waals surface area contributed by atoms with Crippen molar-refractivity contribution in [2.45, 2.75) is 12.4 Å². The Balaban J connectivity index is 2.98. The summed E-state index contributed by atoms with van der Waals surface area (Å²) in [6.45, 7) is -0.0770. The van der Waals surface area contributed by atoms with Crippen LogP contribution in [0.15, 0.2) is 18.2 Å². The maximum Gasteiger partial charge on any atom is 0.573 e. The van der Waals surface area contributed by atoms with Gasteiger partial charge in [-0.25, -0.2) is 4.39 Å². The summed E-state index contributed by atoms with van der Waals surface area (Å²) in [5.74, 6) is -1.24. The molecule has 0 radical (unpaired) electrons. The Kier molecular flexibility index (Phi) is 3.71. The lowest BCUT2D eigenvalue weighted by Gasteiger charge is -2.13. The summed E-state index contributed by atoms with van der Waals surface area (Å²) in [7, 11) is 0. The molecule has 4 N–H and O–H groups in total. The van der Waals surface area contributed by atoms with Crippen LogP contribution in [0.5, 0.6) is 5.75 Å². The van der Waals surface area contributed by atoms with Gasteiger partial charge >= 0.3 is 6.36 Å². The van der Waals surface area contributed by atoms with E-state index in [0.717, 1.165) is 18.2 Å². The average molecular weight is 238 g/mol. The smallest absolute Gasteiger partial charge is 0.406 e. The molecule has 1 aromatic rings. The molecule has 0 bridgehead atoms. The molecule has 1 atom stereocenters. The van der Waals surface area contributed by atoms with Crippen LogP contribution >= 0.6 is 0 Å². The van der Waals surface area contributed by atoms with Gasteiger partial charge in [0.05, 0.1) is 0 Å². The van der Waals surface area contributed by atoms with E-state index in [2.05, 4.69) is 4.74 Å². The first-order valence-corrected chi connectivity index (χ1v) is 4.34. The van der Waals surface area contributed by atoms with Gasteiger partial charge in [0, 0.05) is 18.2 Å². The molecule has 0 spiro atoms. The third-order valence-electron chi connectivity index (χ3n) is 1.85. The standard InChI is InChI=1S/C9H10F4N2O/c10-7-2-1-5(16-9(11,12)13)3-6(7)8(15)4-14/h1-3,8H,4,14-15H2/t8-/m1/s1. The molecule has 0 fully saturated rings. The number of alkyl halides is 3. The van der Waals surface area contributed by atoms with E-state index < -0.39 is 24.0 Å². The molecule has 0 aromatic heterocycles. The van der Waals surface area contributed by atoms with E-state index in [0.29, 0.717) is 0 Å². The molecule has 0 saturated heterocycles. The Morgan fingerprint density at radius 1 is 1.31 bits per heavy atom. The van der Waals surface area contributed by atoms with Gasteiger partial charge in [0.25, 0.3) is 0 Å². The van der Waals surface area contributed by atoms with Crippen molar-refractivity contribution in [3.05, 3.63) is 29.6 Å². The molecule has 1 rings (SSSR count). The Bertz CT molecular complexity index is 367. The predicted octanol–water partition coefficient (Wildman–Crippen LogP) is 1.68. The zero-order valence-electron chi connectivity index (χ0n) is 8.09. The Morgan fingerprint density at radius 3 is 2.44 bits per heavy atom. The van der Waals surface area contributed by atoms with Gasteiger partial charge in [0.2, 0.25) is 0 Å². The van der Waals surface area contributed by atoms with Crippen LogP contribution in [0.25, 0.3) is 0 Å². The van der Waals surface area contributed by atoms with Crippen LogP contribution in [0, 0.1) is 5.82 Å². The second-order valence-electron chi connectivity index (χ2n) is 3.07. The maximum absolute atomic E-state index is 13.2. The number of hydrogen-bond donors (Lipinski definition) is 2. The van der Waals surface area contributed by atoms with Crippen molar-refractivity contribution < 1.29 is 22.3 Å². The van der Waals surface area contributed by atoms with E-state index in [1.807, 2.05) is 0 Å². The van der Waals surface area contributed by atoms with Crippen molar-refractivity contribution in [3.63, 3.8) is 0 Å². The SMILES string of the molecule is NC[C@@H](N)c1cc(OC(F)(F)F)ccc1F. The lowest BCUT2D eigenvalue weighted by atomic mass is 10.1. The Labute approximate surface area is 89.0 Å². The summed E-state index contributed by atoms with van der Waals surface area (Å²) in [4.78, 5) is 0. The van der Waals surface area contributed by atoms with E-state index in [1.54, 1.807) is 0 Å². The number of ether oxygens (including phenoxy) is 1. The summed E-state index contributed by atoms with van der Waals surface area (Å²) in [6.07, 6.45) is -4.82. The van der Waals surface area contributed by atoms with Crippen molar-refractivity contribution in [1.82, 2.24) is 0 Å². The summed E-state index contributed by atoms with van der Waals surface area (Å²) < 4.78 is 52.5. The summed E-state index contributed by atoms with van der Waals surface area (Å²) in [5, 5.41) is 0. The second kappa shape index (κ2) is 4.67. The summed E-state index contributed by atoms with van der Waals surface area (Å²) >= 11 is 0. The molecule has 0 heterocycles. The molecular formula is C9H10F4N2O. The molecule has 16 heavy (non-hydrogen) atoms. The minimum absolute atomic E-state index is 0.0770.